The molecule has 0 aromatic heterocycles. The average molecular weight is 218 g/mol. The van der Waals surface area contributed by atoms with E-state index in [4.69, 9.17) is 5.73 Å². The highest BCUT2D eigenvalue weighted by Crippen LogP contribution is 2.29. The second kappa shape index (κ2) is 4.81. The van der Waals surface area contributed by atoms with E-state index in [2.05, 4.69) is 4.90 Å². The number of nitrogens with zero attached hydrogens (tertiary/aromatic N) is 1. The van der Waals surface area contributed by atoms with E-state index in [1.54, 1.807) is 11.8 Å². The average Bonchev–Trinajstić information content (AvgIpc) is 2.52. The van der Waals surface area contributed by atoms with Crippen LogP contribution < -0.4 is 5.73 Å². The van der Waals surface area contributed by atoms with Gasteiger partial charge in [-0.3, -0.25) is 4.90 Å². The van der Waals surface area contributed by atoms with Crippen LogP contribution in [0.4, 0.5) is 4.39 Å². The lowest BCUT2D eigenvalue weighted by Crippen LogP contribution is -2.39. The van der Waals surface area contributed by atoms with Crippen molar-refractivity contribution in [1.29, 1.82) is 0 Å². The third-order valence-corrected chi connectivity index (χ3v) is 4.30. The molecule has 0 radical (unpaired) electrons. The molecule has 1 heterocycles. The fourth-order valence-electron chi connectivity index (χ4n) is 2.44. The highest BCUT2D eigenvalue weighted by Gasteiger charge is 2.27. The summed E-state index contributed by atoms with van der Waals surface area (Å²) in [5.74, 6) is 1.68. The minimum absolute atomic E-state index is 0.162. The van der Waals surface area contributed by atoms with Gasteiger partial charge >= 0.3 is 0 Å². The first-order chi connectivity index (χ1) is 6.75. The Morgan fingerprint density at radius 2 is 2.29 bits per heavy atom. The summed E-state index contributed by atoms with van der Waals surface area (Å²) in [5, 5.41) is 0. The third-order valence-electron chi connectivity index (χ3n) is 3.24. The lowest BCUT2D eigenvalue weighted by atomic mass is 9.88. The molecule has 2 N–H and O–H groups in total. The third kappa shape index (κ3) is 2.61. The van der Waals surface area contributed by atoms with E-state index in [0.29, 0.717) is 5.92 Å². The molecule has 3 unspecified atom stereocenters. The molecule has 0 amide bonds. The van der Waals surface area contributed by atoms with Crippen molar-refractivity contribution in [1.82, 2.24) is 4.90 Å². The number of alkyl halides is 1. The zero-order chi connectivity index (χ0) is 9.97. The highest BCUT2D eigenvalue weighted by atomic mass is 32.2. The van der Waals surface area contributed by atoms with Crippen LogP contribution in [0.15, 0.2) is 0 Å². The number of hydrogen-bond donors (Lipinski definition) is 1. The molecule has 2 rings (SSSR count). The van der Waals surface area contributed by atoms with Crippen LogP contribution in [0.5, 0.6) is 0 Å². The van der Waals surface area contributed by atoms with Crippen molar-refractivity contribution >= 4 is 11.8 Å². The van der Waals surface area contributed by atoms with Crippen LogP contribution in [0.1, 0.15) is 25.7 Å². The summed E-state index contributed by atoms with van der Waals surface area (Å²) in [5.41, 5.74) is 6.09. The molecular weight excluding hydrogens is 199 g/mol. The lowest BCUT2D eigenvalue weighted by Gasteiger charge is -2.30. The van der Waals surface area contributed by atoms with E-state index in [-0.39, 0.29) is 5.50 Å². The van der Waals surface area contributed by atoms with Gasteiger partial charge in [0.2, 0.25) is 0 Å². The Labute approximate surface area is 89.4 Å². The molecule has 4 heteroatoms. The molecule has 1 aliphatic carbocycles. The van der Waals surface area contributed by atoms with E-state index < -0.39 is 6.17 Å². The van der Waals surface area contributed by atoms with Gasteiger partial charge in [0.15, 0.2) is 0 Å². The topological polar surface area (TPSA) is 29.3 Å². The number of rotatable bonds is 2. The second-order valence-electron chi connectivity index (χ2n) is 4.39. The number of thioether (sulfide) groups is 1. The molecule has 1 saturated heterocycles. The Hall–Kier alpha value is 0.200. The maximum Gasteiger partial charge on any atom is 0.105 e. The molecule has 0 aromatic rings. The molecule has 3 atom stereocenters. The monoisotopic (exact) mass is 218 g/mol. The van der Waals surface area contributed by atoms with Gasteiger partial charge in [-0.15, -0.1) is 11.8 Å². The molecule has 2 aliphatic rings. The first kappa shape index (κ1) is 10.7. The van der Waals surface area contributed by atoms with Crippen molar-refractivity contribution in [3.63, 3.8) is 0 Å². The van der Waals surface area contributed by atoms with Gasteiger partial charge in [-0.25, -0.2) is 4.39 Å². The van der Waals surface area contributed by atoms with E-state index >= 15 is 0 Å². The van der Waals surface area contributed by atoms with Crippen LogP contribution in [-0.4, -0.2) is 35.4 Å². The van der Waals surface area contributed by atoms with E-state index in [9.17, 15) is 4.39 Å². The standard InChI is InChI=1S/C10H19FN2S/c11-9-3-1-2-8(6-9)7-13-4-5-14-10(13)12/h8-10H,1-7,12H2. The number of halogens is 1. The summed E-state index contributed by atoms with van der Waals surface area (Å²) in [6.45, 7) is 2.09. The highest BCUT2D eigenvalue weighted by molar-refractivity contribution is 8.00. The molecule has 82 valence electrons. The van der Waals surface area contributed by atoms with E-state index in [1.165, 1.54) is 6.42 Å². The molecule has 14 heavy (non-hydrogen) atoms. The normalized spacial score (nSPS) is 40.3. The van der Waals surface area contributed by atoms with Crippen LogP contribution in [0.3, 0.4) is 0 Å². The zero-order valence-electron chi connectivity index (χ0n) is 8.49. The van der Waals surface area contributed by atoms with Crippen molar-refractivity contribution < 1.29 is 4.39 Å². The van der Waals surface area contributed by atoms with Gasteiger partial charge in [0, 0.05) is 18.8 Å². The molecular formula is C10H19FN2S. The Morgan fingerprint density at radius 1 is 1.43 bits per heavy atom. The van der Waals surface area contributed by atoms with Crippen LogP contribution in [0.2, 0.25) is 0 Å². The molecule has 0 bridgehead atoms. The molecule has 1 aliphatic heterocycles. The molecule has 0 spiro atoms. The van der Waals surface area contributed by atoms with Gasteiger partial charge in [-0.1, -0.05) is 6.42 Å². The minimum Gasteiger partial charge on any atom is -0.307 e. The van der Waals surface area contributed by atoms with Gasteiger partial charge < -0.3 is 5.73 Å². The van der Waals surface area contributed by atoms with Gasteiger partial charge in [-0.2, -0.15) is 0 Å². The van der Waals surface area contributed by atoms with Crippen molar-refractivity contribution in [2.45, 2.75) is 37.4 Å². The maximum atomic E-state index is 13.1. The molecule has 2 nitrogen and oxygen atoms in total. The molecule has 2 fully saturated rings. The summed E-state index contributed by atoms with van der Waals surface area (Å²) in [4.78, 5) is 2.30. The van der Waals surface area contributed by atoms with Gasteiger partial charge in [0.05, 0.1) is 0 Å². The van der Waals surface area contributed by atoms with Crippen LogP contribution in [0, 0.1) is 5.92 Å². The minimum atomic E-state index is -0.555. The van der Waals surface area contributed by atoms with Crippen molar-refractivity contribution in [2.75, 3.05) is 18.8 Å². The van der Waals surface area contributed by atoms with Gasteiger partial charge in [0.25, 0.3) is 0 Å². The van der Waals surface area contributed by atoms with Crippen molar-refractivity contribution in [2.24, 2.45) is 11.7 Å². The summed E-state index contributed by atoms with van der Waals surface area (Å²) >= 11 is 1.80. The van der Waals surface area contributed by atoms with Crippen LogP contribution >= 0.6 is 11.8 Å². The Kier molecular flexibility index (Phi) is 3.68. The smallest absolute Gasteiger partial charge is 0.105 e. The van der Waals surface area contributed by atoms with E-state index in [1.807, 2.05) is 0 Å². The van der Waals surface area contributed by atoms with Crippen LogP contribution in [-0.2, 0) is 0 Å². The summed E-state index contributed by atoms with van der Waals surface area (Å²) < 4.78 is 13.1. The van der Waals surface area contributed by atoms with Crippen molar-refractivity contribution in [3.05, 3.63) is 0 Å². The lowest BCUT2D eigenvalue weighted by molar-refractivity contribution is 0.151. The predicted molar refractivity (Wildman–Crippen MR) is 58.9 cm³/mol. The van der Waals surface area contributed by atoms with Crippen molar-refractivity contribution in [3.8, 4) is 0 Å². The molecule has 0 aromatic carbocycles. The van der Waals surface area contributed by atoms with E-state index in [0.717, 1.165) is 38.1 Å². The number of nitrogens with two attached hydrogens (primary N) is 1. The Balaban J connectivity index is 1.78. The first-order valence-electron chi connectivity index (χ1n) is 5.51. The number of hydrogen-bond acceptors (Lipinski definition) is 3. The fourth-order valence-corrected chi connectivity index (χ4v) is 3.43. The summed E-state index contributed by atoms with van der Waals surface area (Å²) in [6.07, 6.45) is 3.22. The maximum absolute atomic E-state index is 13.1. The molecule has 1 saturated carbocycles. The first-order valence-corrected chi connectivity index (χ1v) is 6.56. The Morgan fingerprint density at radius 3 is 2.93 bits per heavy atom. The summed E-state index contributed by atoms with van der Waals surface area (Å²) in [6, 6.07) is 0. The predicted octanol–water partition coefficient (Wildman–Crippen LogP) is 1.81. The van der Waals surface area contributed by atoms with Gasteiger partial charge in [0.1, 0.15) is 11.7 Å². The van der Waals surface area contributed by atoms with Gasteiger partial charge in [-0.05, 0) is 25.2 Å². The Bertz CT molecular complexity index is 191. The van der Waals surface area contributed by atoms with Crippen LogP contribution in [0.25, 0.3) is 0 Å². The largest absolute Gasteiger partial charge is 0.307 e. The quantitative estimate of drug-likeness (QED) is 0.766. The second-order valence-corrected chi connectivity index (χ2v) is 5.61. The summed E-state index contributed by atoms with van der Waals surface area (Å²) in [7, 11) is 0. The SMILES string of the molecule is NC1SCCN1CC1CCCC(F)C1. The fraction of sp³-hybridized carbons (Fsp3) is 1.00. The zero-order valence-corrected chi connectivity index (χ0v) is 9.31.